The molecule has 0 aromatic heterocycles. The Morgan fingerprint density at radius 1 is 1.47 bits per heavy atom. The van der Waals surface area contributed by atoms with Gasteiger partial charge in [-0.05, 0) is 13.0 Å². The van der Waals surface area contributed by atoms with E-state index in [2.05, 4.69) is 4.74 Å². The van der Waals surface area contributed by atoms with Crippen molar-refractivity contribution in [3.05, 3.63) is 33.4 Å². The van der Waals surface area contributed by atoms with Crippen LogP contribution < -0.4 is 4.74 Å². The van der Waals surface area contributed by atoms with Gasteiger partial charge in [-0.25, -0.2) is 8.78 Å². The van der Waals surface area contributed by atoms with Crippen LogP contribution in [0.25, 0.3) is 0 Å². The number of nitro groups is 1. The van der Waals surface area contributed by atoms with E-state index in [-0.39, 0.29) is 5.56 Å². The number of rotatable bonds is 4. The first-order chi connectivity index (χ1) is 7.88. The molecule has 1 aromatic rings. The molecule has 0 aliphatic rings. The Morgan fingerprint density at radius 2 is 2.06 bits per heavy atom. The topological polar surface area (TPSA) is 69.4 Å². The summed E-state index contributed by atoms with van der Waals surface area (Å²) in [6.45, 7) is 1.14. The molecular weight excluding hydrogens is 236 g/mol. The molecule has 1 rings (SSSR count). The number of hydrogen-bond acceptors (Lipinski definition) is 4. The van der Waals surface area contributed by atoms with Gasteiger partial charge in [-0.15, -0.1) is 0 Å². The predicted molar refractivity (Wildman–Crippen MR) is 54.6 cm³/mol. The summed E-state index contributed by atoms with van der Waals surface area (Å²) in [5, 5.41) is 10.7. The zero-order valence-corrected chi connectivity index (χ0v) is 9.07. The Kier molecular flexibility index (Phi) is 3.72. The number of ketones is 1. The highest BCUT2D eigenvalue weighted by atomic mass is 19.3. The fourth-order valence-electron chi connectivity index (χ4n) is 1.36. The molecule has 0 fully saturated rings. The Bertz CT molecular complexity index is 474. The molecule has 92 valence electrons. The van der Waals surface area contributed by atoms with Crippen molar-refractivity contribution in [3.8, 4) is 5.75 Å². The number of alkyl halides is 2. The first-order valence-corrected chi connectivity index (χ1v) is 4.54. The number of methoxy groups -OCH3 is 1. The minimum absolute atomic E-state index is 0.146. The van der Waals surface area contributed by atoms with Gasteiger partial charge in [0.15, 0.2) is 5.78 Å². The Hall–Kier alpha value is -2.05. The van der Waals surface area contributed by atoms with Gasteiger partial charge in [-0.2, -0.15) is 0 Å². The van der Waals surface area contributed by atoms with E-state index in [9.17, 15) is 23.7 Å². The van der Waals surface area contributed by atoms with Gasteiger partial charge in [-0.1, -0.05) is 0 Å². The fraction of sp³-hybridized carbons (Fsp3) is 0.300. The number of carbonyl (C=O) groups is 1. The van der Waals surface area contributed by atoms with Crippen LogP contribution in [0.4, 0.5) is 14.5 Å². The molecule has 0 unspecified atom stereocenters. The molecule has 0 radical (unpaired) electrons. The molecule has 0 aliphatic heterocycles. The van der Waals surface area contributed by atoms with Gasteiger partial charge in [0.25, 0.3) is 6.43 Å². The fourth-order valence-corrected chi connectivity index (χ4v) is 1.36. The minimum Gasteiger partial charge on any atom is -0.490 e. The van der Waals surface area contributed by atoms with Crippen molar-refractivity contribution >= 4 is 11.5 Å². The summed E-state index contributed by atoms with van der Waals surface area (Å²) in [6, 6.07) is 1.83. The number of hydrogen-bond donors (Lipinski definition) is 0. The third-order valence-electron chi connectivity index (χ3n) is 2.14. The highest BCUT2D eigenvalue weighted by molar-refractivity contribution is 5.95. The van der Waals surface area contributed by atoms with Gasteiger partial charge in [0.2, 0.25) is 5.75 Å². The molecule has 0 N–H and O–H groups in total. The summed E-state index contributed by atoms with van der Waals surface area (Å²) in [4.78, 5) is 20.9. The summed E-state index contributed by atoms with van der Waals surface area (Å²) >= 11 is 0. The highest BCUT2D eigenvalue weighted by Crippen LogP contribution is 2.37. The van der Waals surface area contributed by atoms with Gasteiger partial charge < -0.3 is 4.74 Å². The van der Waals surface area contributed by atoms with Crippen molar-refractivity contribution in [2.24, 2.45) is 0 Å². The molecule has 7 heteroatoms. The monoisotopic (exact) mass is 245 g/mol. The number of carbonyl (C=O) groups excluding carboxylic acids is 1. The van der Waals surface area contributed by atoms with Gasteiger partial charge in [0.1, 0.15) is 0 Å². The van der Waals surface area contributed by atoms with Crippen LogP contribution in [-0.4, -0.2) is 17.8 Å². The molecule has 0 amide bonds. The molecule has 0 aliphatic carbocycles. The van der Waals surface area contributed by atoms with Crippen molar-refractivity contribution < 1.29 is 23.2 Å². The second kappa shape index (κ2) is 4.86. The van der Waals surface area contributed by atoms with Crippen LogP contribution in [0.2, 0.25) is 0 Å². The van der Waals surface area contributed by atoms with E-state index in [1.54, 1.807) is 0 Å². The molecule has 0 bridgehead atoms. The van der Waals surface area contributed by atoms with Crippen molar-refractivity contribution in [2.45, 2.75) is 13.3 Å². The lowest BCUT2D eigenvalue weighted by Gasteiger charge is -2.09. The van der Waals surface area contributed by atoms with Crippen LogP contribution >= 0.6 is 0 Å². The highest BCUT2D eigenvalue weighted by Gasteiger charge is 2.26. The Balaban J connectivity index is 3.57. The van der Waals surface area contributed by atoms with Crippen LogP contribution in [0.5, 0.6) is 5.75 Å². The largest absolute Gasteiger partial charge is 0.490 e. The smallest absolute Gasteiger partial charge is 0.312 e. The molecule has 0 saturated heterocycles. The normalized spacial score (nSPS) is 10.4. The lowest BCUT2D eigenvalue weighted by Crippen LogP contribution is -2.03. The number of benzene rings is 1. The van der Waals surface area contributed by atoms with E-state index in [0.717, 1.165) is 26.2 Å². The van der Waals surface area contributed by atoms with Crippen LogP contribution in [0.1, 0.15) is 29.3 Å². The zero-order chi connectivity index (χ0) is 13.2. The Labute approximate surface area is 95.2 Å². The van der Waals surface area contributed by atoms with Crippen molar-refractivity contribution in [2.75, 3.05) is 7.11 Å². The van der Waals surface area contributed by atoms with Crippen LogP contribution in [0.15, 0.2) is 12.1 Å². The van der Waals surface area contributed by atoms with Crippen molar-refractivity contribution in [1.82, 2.24) is 0 Å². The summed E-state index contributed by atoms with van der Waals surface area (Å²) in [5.74, 6) is -1.05. The Morgan fingerprint density at radius 3 is 2.41 bits per heavy atom. The minimum atomic E-state index is -2.96. The van der Waals surface area contributed by atoms with Crippen LogP contribution in [0.3, 0.4) is 0 Å². The second-order valence-corrected chi connectivity index (χ2v) is 3.23. The molecule has 1 aromatic carbocycles. The van der Waals surface area contributed by atoms with Gasteiger partial charge in [-0.3, -0.25) is 14.9 Å². The van der Waals surface area contributed by atoms with Gasteiger partial charge in [0, 0.05) is 11.6 Å². The summed E-state index contributed by atoms with van der Waals surface area (Å²) in [5.41, 5.74) is -1.45. The maximum Gasteiger partial charge on any atom is 0.312 e. The number of Topliss-reactive ketones (excluding diaryl/α,β-unsaturated/α-hetero) is 1. The quantitative estimate of drug-likeness (QED) is 0.464. The van der Waals surface area contributed by atoms with E-state index in [0.29, 0.717) is 0 Å². The van der Waals surface area contributed by atoms with Crippen molar-refractivity contribution in [3.63, 3.8) is 0 Å². The lowest BCUT2D eigenvalue weighted by molar-refractivity contribution is -0.385. The zero-order valence-electron chi connectivity index (χ0n) is 9.07. The average Bonchev–Trinajstić information content (AvgIpc) is 2.26. The molecular formula is C10H9F2NO4. The summed E-state index contributed by atoms with van der Waals surface area (Å²) in [6.07, 6.45) is -2.96. The van der Waals surface area contributed by atoms with Crippen LogP contribution in [-0.2, 0) is 0 Å². The molecule has 0 atom stereocenters. The first-order valence-electron chi connectivity index (χ1n) is 4.54. The van der Waals surface area contributed by atoms with Crippen LogP contribution in [0, 0.1) is 10.1 Å². The average molecular weight is 245 g/mol. The standard InChI is InChI=1S/C10H9F2NO4/c1-5(14)6-3-7(10(11)12)9(17-2)8(4-6)13(15)16/h3-4,10H,1-2H3. The molecule has 17 heavy (non-hydrogen) atoms. The van der Waals surface area contributed by atoms with E-state index in [1.807, 2.05) is 0 Å². The second-order valence-electron chi connectivity index (χ2n) is 3.23. The molecule has 0 heterocycles. The van der Waals surface area contributed by atoms with Gasteiger partial charge in [0.05, 0.1) is 17.6 Å². The van der Waals surface area contributed by atoms with Crippen molar-refractivity contribution in [1.29, 1.82) is 0 Å². The van der Waals surface area contributed by atoms with E-state index < -0.39 is 34.1 Å². The van der Waals surface area contributed by atoms with E-state index in [1.165, 1.54) is 0 Å². The molecule has 0 spiro atoms. The molecule has 0 saturated carbocycles. The maximum atomic E-state index is 12.7. The van der Waals surface area contributed by atoms with E-state index >= 15 is 0 Å². The number of halogens is 2. The summed E-state index contributed by atoms with van der Waals surface area (Å²) < 4.78 is 30.0. The maximum absolute atomic E-state index is 12.7. The third kappa shape index (κ3) is 2.55. The predicted octanol–water partition coefficient (Wildman–Crippen LogP) is 2.74. The SMILES string of the molecule is COc1c(C(F)F)cc(C(C)=O)cc1[N+](=O)[O-]. The third-order valence-corrected chi connectivity index (χ3v) is 2.14. The summed E-state index contributed by atoms with van der Waals surface area (Å²) in [7, 11) is 1.06. The number of nitro benzene ring substituents is 1. The van der Waals surface area contributed by atoms with E-state index in [4.69, 9.17) is 0 Å². The number of nitrogens with zero attached hydrogens (tertiary/aromatic N) is 1. The first kappa shape index (κ1) is 13.0. The number of ether oxygens (including phenoxy) is 1. The lowest BCUT2D eigenvalue weighted by atomic mass is 10.1. The van der Waals surface area contributed by atoms with Gasteiger partial charge >= 0.3 is 5.69 Å². The molecule has 5 nitrogen and oxygen atoms in total.